The molecule has 2 aromatic carbocycles. The van der Waals surface area contributed by atoms with Gasteiger partial charge < -0.3 is 10.0 Å². The molecule has 0 unspecified atom stereocenters. The number of thioether (sulfide) groups is 1. The smallest absolute Gasteiger partial charge is 0.237 e. The summed E-state index contributed by atoms with van der Waals surface area (Å²) in [4.78, 5) is 15.2. The monoisotopic (exact) mass is 409 g/mol. The van der Waals surface area contributed by atoms with Gasteiger partial charge in [0.1, 0.15) is 5.75 Å². The summed E-state index contributed by atoms with van der Waals surface area (Å²) in [6, 6.07) is 16.8. The molecule has 1 saturated carbocycles. The molecule has 1 fully saturated rings. The zero-order chi connectivity index (χ0) is 20.1. The standard InChI is InChI=1S/C21H23N5O2S/c27-19-13-11-18(12-14-19)26-21(22-23-24-26)29-15-20(28)25(16-7-3-1-4-8-16)17-9-5-2-6-10-17/h1,3-4,7-8,11-14,17,27H,2,5-6,9-10,15H2. The molecular weight excluding hydrogens is 386 g/mol. The van der Waals surface area contributed by atoms with Crippen molar-refractivity contribution in [2.75, 3.05) is 10.7 Å². The number of nitrogens with zero attached hydrogens (tertiary/aromatic N) is 5. The summed E-state index contributed by atoms with van der Waals surface area (Å²) in [7, 11) is 0. The van der Waals surface area contributed by atoms with Gasteiger partial charge in [-0.15, -0.1) is 5.10 Å². The van der Waals surface area contributed by atoms with Crippen molar-refractivity contribution in [3.8, 4) is 11.4 Å². The van der Waals surface area contributed by atoms with Gasteiger partial charge in [0.15, 0.2) is 0 Å². The Morgan fingerprint density at radius 3 is 2.52 bits per heavy atom. The van der Waals surface area contributed by atoms with Gasteiger partial charge in [-0.2, -0.15) is 4.68 Å². The number of aromatic nitrogens is 4. The predicted molar refractivity (Wildman–Crippen MR) is 112 cm³/mol. The molecule has 1 heterocycles. The molecule has 0 radical (unpaired) electrons. The summed E-state index contributed by atoms with van der Waals surface area (Å²) in [6.45, 7) is 0. The fourth-order valence-corrected chi connectivity index (χ4v) is 4.46. The van der Waals surface area contributed by atoms with Gasteiger partial charge >= 0.3 is 0 Å². The minimum atomic E-state index is 0.0633. The maximum absolute atomic E-state index is 13.2. The minimum Gasteiger partial charge on any atom is -0.508 e. The van der Waals surface area contributed by atoms with E-state index in [0.717, 1.165) is 37.1 Å². The number of hydrogen-bond donors (Lipinski definition) is 1. The number of rotatable bonds is 6. The first-order valence-electron chi connectivity index (χ1n) is 9.80. The molecule has 1 aromatic heterocycles. The summed E-state index contributed by atoms with van der Waals surface area (Å²) in [5, 5.41) is 21.8. The normalized spacial score (nSPS) is 14.6. The molecule has 8 heteroatoms. The number of anilines is 1. The van der Waals surface area contributed by atoms with E-state index in [4.69, 9.17) is 0 Å². The number of tetrazole rings is 1. The largest absolute Gasteiger partial charge is 0.508 e. The summed E-state index contributed by atoms with van der Waals surface area (Å²) in [5.41, 5.74) is 1.68. The topological polar surface area (TPSA) is 84.1 Å². The van der Waals surface area contributed by atoms with Crippen molar-refractivity contribution >= 4 is 23.4 Å². The molecule has 0 saturated heterocycles. The van der Waals surface area contributed by atoms with Crippen LogP contribution in [0, 0.1) is 0 Å². The Morgan fingerprint density at radius 2 is 1.79 bits per heavy atom. The zero-order valence-corrected chi connectivity index (χ0v) is 16.8. The second-order valence-corrected chi connectivity index (χ2v) is 8.01. The molecular formula is C21H23N5O2S. The van der Waals surface area contributed by atoms with Crippen LogP contribution in [0.2, 0.25) is 0 Å². The van der Waals surface area contributed by atoms with Gasteiger partial charge in [0.2, 0.25) is 11.1 Å². The highest BCUT2D eigenvalue weighted by Crippen LogP contribution is 2.29. The first-order chi connectivity index (χ1) is 14.2. The lowest BCUT2D eigenvalue weighted by Crippen LogP contribution is -2.42. The third-order valence-corrected chi connectivity index (χ3v) is 6.01. The molecule has 0 spiro atoms. The molecule has 1 N–H and O–H groups in total. The van der Waals surface area contributed by atoms with E-state index in [1.807, 2.05) is 35.2 Å². The molecule has 3 aromatic rings. The van der Waals surface area contributed by atoms with Crippen LogP contribution in [0.1, 0.15) is 32.1 Å². The van der Waals surface area contributed by atoms with Crippen molar-refractivity contribution in [3.63, 3.8) is 0 Å². The van der Waals surface area contributed by atoms with Gasteiger partial charge in [0.05, 0.1) is 11.4 Å². The number of carbonyl (C=O) groups is 1. The van der Waals surface area contributed by atoms with Crippen LogP contribution < -0.4 is 4.90 Å². The van der Waals surface area contributed by atoms with Gasteiger partial charge in [-0.3, -0.25) is 4.79 Å². The highest BCUT2D eigenvalue weighted by molar-refractivity contribution is 7.99. The average Bonchev–Trinajstić information content (AvgIpc) is 3.23. The number of amides is 1. The van der Waals surface area contributed by atoms with E-state index in [2.05, 4.69) is 15.5 Å². The van der Waals surface area contributed by atoms with Crippen molar-refractivity contribution in [1.29, 1.82) is 0 Å². The third kappa shape index (κ3) is 4.59. The van der Waals surface area contributed by atoms with Gasteiger partial charge in [0, 0.05) is 11.7 Å². The maximum atomic E-state index is 13.2. The molecule has 0 atom stereocenters. The van der Waals surface area contributed by atoms with Crippen molar-refractivity contribution in [1.82, 2.24) is 20.2 Å². The van der Waals surface area contributed by atoms with Crippen LogP contribution in [0.5, 0.6) is 5.75 Å². The zero-order valence-electron chi connectivity index (χ0n) is 16.0. The van der Waals surface area contributed by atoms with Crippen LogP contribution in [0.4, 0.5) is 5.69 Å². The molecule has 1 aliphatic carbocycles. The second-order valence-electron chi connectivity index (χ2n) is 7.07. The minimum absolute atomic E-state index is 0.0633. The number of aromatic hydroxyl groups is 1. The van der Waals surface area contributed by atoms with Gasteiger partial charge in [-0.05, 0) is 59.7 Å². The lowest BCUT2D eigenvalue weighted by atomic mass is 9.93. The second kappa shape index (κ2) is 9.09. The van der Waals surface area contributed by atoms with Gasteiger partial charge in [0.25, 0.3) is 0 Å². The van der Waals surface area contributed by atoms with E-state index in [9.17, 15) is 9.90 Å². The molecule has 150 valence electrons. The van der Waals surface area contributed by atoms with Gasteiger partial charge in [-0.25, -0.2) is 0 Å². The van der Waals surface area contributed by atoms with Crippen molar-refractivity contribution in [2.45, 2.75) is 43.3 Å². The summed E-state index contributed by atoms with van der Waals surface area (Å²) in [6.07, 6.45) is 5.64. The maximum Gasteiger partial charge on any atom is 0.237 e. The Labute approximate surface area is 173 Å². The molecule has 1 amide bonds. The van der Waals surface area contributed by atoms with Crippen LogP contribution in [-0.2, 0) is 4.79 Å². The summed E-state index contributed by atoms with van der Waals surface area (Å²) >= 11 is 1.32. The molecule has 0 aliphatic heterocycles. The molecule has 29 heavy (non-hydrogen) atoms. The average molecular weight is 410 g/mol. The lowest BCUT2D eigenvalue weighted by Gasteiger charge is -2.34. The van der Waals surface area contributed by atoms with Crippen molar-refractivity contribution < 1.29 is 9.90 Å². The van der Waals surface area contributed by atoms with Crippen LogP contribution in [0.3, 0.4) is 0 Å². The van der Waals surface area contributed by atoms with E-state index in [1.165, 1.54) is 18.2 Å². The Balaban J connectivity index is 1.50. The Morgan fingerprint density at radius 1 is 1.07 bits per heavy atom. The highest BCUT2D eigenvalue weighted by atomic mass is 32.2. The van der Waals surface area contributed by atoms with Crippen molar-refractivity contribution in [3.05, 3.63) is 54.6 Å². The number of phenolic OH excluding ortho intramolecular Hbond substituents is 1. The number of carbonyl (C=O) groups excluding carboxylic acids is 1. The van der Waals surface area contributed by atoms with Crippen LogP contribution in [-0.4, -0.2) is 43.0 Å². The van der Waals surface area contributed by atoms with Crippen LogP contribution in [0.15, 0.2) is 59.8 Å². The number of phenols is 1. The lowest BCUT2D eigenvalue weighted by molar-refractivity contribution is -0.116. The quantitative estimate of drug-likeness (QED) is 0.623. The number of hydrogen-bond acceptors (Lipinski definition) is 6. The van der Waals surface area contributed by atoms with E-state index >= 15 is 0 Å². The fourth-order valence-electron chi connectivity index (χ4n) is 3.71. The number of benzene rings is 2. The highest BCUT2D eigenvalue weighted by Gasteiger charge is 2.27. The fraction of sp³-hybridized carbons (Fsp3) is 0.333. The molecule has 1 aliphatic rings. The van der Waals surface area contributed by atoms with Crippen LogP contribution in [0.25, 0.3) is 5.69 Å². The van der Waals surface area contributed by atoms with E-state index in [1.54, 1.807) is 28.9 Å². The van der Waals surface area contributed by atoms with Crippen LogP contribution >= 0.6 is 11.8 Å². The Hall–Kier alpha value is -2.87. The van der Waals surface area contributed by atoms with E-state index in [-0.39, 0.29) is 23.5 Å². The van der Waals surface area contributed by atoms with E-state index < -0.39 is 0 Å². The number of para-hydroxylation sites is 1. The Kier molecular flexibility index (Phi) is 6.09. The molecule has 0 bridgehead atoms. The SMILES string of the molecule is O=C(CSc1nnnn1-c1ccc(O)cc1)N(c1ccccc1)C1CCCCC1. The predicted octanol–water partition coefficient (Wildman–Crippen LogP) is 3.83. The first-order valence-corrected chi connectivity index (χ1v) is 10.8. The third-order valence-electron chi connectivity index (χ3n) is 5.10. The Bertz CT molecular complexity index is 939. The van der Waals surface area contributed by atoms with E-state index in [0.29, 0.717) is 5.16 Å². The summed E-state index contributed by atoms with van der Waals surface area (Å²) < 4.78 is 1.57. The van der Waals surface area contributed by atoms with Gasteiger partial charge in [-0.1, -0.05) is 49.2 Å². The van der Waals surface area contributed by atoms with Crippen molar-refractivity contribution in [2.24, 2.45) is 0 Å². The molecule has 4 rings (SSSR count). The summed E-state index contributed by atoms with van der Waals surface area (Å²) in [5.74, 6) is 0.495. The molecule has 7 nitrogen and oxygen atoms in total. The first kappa shape index (κ1) is 19.4.